The lowest BCUT2D eigenvalue weighted by molar-refractivity contribution is -0.123. The van der Waals surface area contributed by atoms with Gasteiger partial charge in [-0.15, -0.1) is 11.3 Å². The summed E-state index contributed by atoms with van der Waals surface area (Å²) in [7, 11) is 0. The van der Waals surface area contributed by atoms with Crippen molar-refractivity contribution in [1.29, 1.82) is 0 Å². The summed E-state index contributed by atoms with van der Waals surface area (Å²) in [5.74, 6) is 0.421. The molecule has 80 valence electrons. The van der Waals surface area contributed by atoms with E-state index in [1.807, 2.05) is 12.3 Å². The summed E-state index contributed by atoms with van der Waals surface area (Å²) in [5.41, 5.74) is -0.776. The van der Waals surface area contributed by atoms with Crippen molar-refractivity contribution in [2.24, 2.45) is 4.99 Å². The van der Waals surface area contributed by atoms with Crippen LogP contribution in [-0.4, -0.2) is 23.4 Å². The Morgan fingerprint density at radius 1 is 1.67 bits per heavy atom. The minimum absolute atomic E-state index is 0.107. The van der Waals surface area contributed by atoms with E-state index in [4.69, 9.17) is 0 Å². The van der Waals surface area contributed by atoms with Gasteiger partial charge in [0.15, 0.2) is 11.5 Å². The van der Waals surface area contributed by atoms with Gasteiger partial charge in [-0.2, -0.15) is 0 Å². The normalized spacial score (nSPS) is 27.9. The van der Waals surface area contributed by atoms with Crippen molar-refractivity contribution in [3.8, 4) is 0 Å². The number of nitrogens with zero attached hydrogens (tertiary/aromatic N) is 2. The first-order valence-corrected chi connectivity index (χ1v) is 5.59. The fourth-order valence-corrected chi connectivity index (χ4v) is 2.17. The van der Waals surface area contributed by atoms with Crippen LogP contribution in [0, 0.1) is 0 Å². The number of rotatable bonds is 2. The van der Waals surface area contributed by atoms with Crippen LogP contribution in [0.15, 0.2) is 16.6 Å². The molecule has 1 atom stereocenters. The third kappa shape index (κ3) is 1.61. The zero-order valence-electron chi connectivity index (χ0n) is 8.57. The van der Waals surface area contributed by atoms with Crippen LogP contribution in [0.25, 0.3) is 0 Å². The van der Waals surface area contributed by atoms with Crippen molar-refractivity contribution in [1.82, 2.24) is 15.6 Å². The van der Waals surface area contributed by atoms with E-state index in [1.165, 1.54) is 11.3 Å². The van der Waals surface area contributed by atoms with E-state index in [0.29, 0.717) is 12.5 Å². The molecule has 2 heterocycles. The quantitative estimate of drug-likeness (QED) is 0.766. The highest BCUT2D eigenvalue weighted by Crippen LogP contribution is 2.25. The topological polar surface area (TPSA) is 66.4 Å². The van der Waals surface area contributed by atoms with Gasteiger partial charge in [0.2, 0.25) is 0 Å². The van der Waals surface area contributed by atoms with E-state index < -0.39 is 5.54 Å². The Hall–Kier alpha value is -1.43. The Balaban J connectivity index is 2.31. The maximum absolute atomic E-state index is 11.8. The van der Waals surface area contributed by atoms with Crippen molar-refractivity contribution in [2.45, 2.75) is 19.4 Å². The van der Waals surface area contributed by atoms with Crippen LogP contribution in [0.2, 0.25) is 0 Å². The molecule has 1 saturated heterocycles. The molecule has 1 aliphatic rings. The molecule has 1 aromatic rings. The number of hydrogen-bond acceptors (Lipinski definition) is 4. The van der Waals surface area contributed by atoms with Crippen LogP contribution in [0.5, 0.6) is 0 Å². The van der Waals surface area contributed by atoms with Crippen molar-refractivity contribution < 1.29 is 4.79 Å². The molecule has 0 aromatic carbocycles. The molecule has 1 aliphatic heterocycles. The molecule has 15 heavy (non-hydrogen) atoms. The van der Waals surface area contributed by atoms with E-state index in [1.54, 1.807) is 13.1 Å². The van der Waals surface area contributed by atoms with Crippen LogP contribution in [-0.2, 0) is 10.3 Å². The van der Waals surface area contributed by atoms with Gasteiger partial charge < -0.3 is 5.32 Å². The maximum Gasteiger partial charge on any atom is 0.259 e. The summed E-state index contributed by atoms with van der Waals surface area (Å²) >= 11 is 1.45. The average molecular weight is 224 g/mol. The van der Waals surface area contributed by atoms with Gasteiger partial charge in [0.25, 0.3) is 5.91 Å². The Morgan fingerprint density at radius 3 is 3.07 bits per heavy atom. The number of aromatic nitrogens is 1. The van der Waals surface area contributed by atoms with Crippen molar-refractivity contribution in [3.05, 3.63) is 16.6 Å². The molecular formula is C9H12N4OS. The zero-order chi connectivity index (χ0) is 10.9. The van der Waals surface area contributed by atoms with E-state index in [0.717, 1.165) is 5.01 Å². The molecule has 0 spiro atoms. The Kier molecular flexibility index (Phi) is 2.44. The smallest absolute Gasteiger partial charge is 0.259 e. The second kappa shape index (κ2) is 3.62. The summed E-state index contributed by atoms with van der Waals surface area (Å²) in [6.45, 7) is 4.36. The number of carbonyl (C=O) groups excluding carboxylic acids is 1. The molecular weight excluding hydrogens is 212 g/mol. The van der Waals surface area contributed by atoms with Crippen LogP contribution in [0.4, 0.5) is 0 Å². The third-order valence-electron chi connectivity index (χ3n) is 2.23. The molecule has 0 radical (unpaired) electrons. The third-order valence-corrected chi connectivity index (χ3v) is 3.23. The summed E-state index contributed by atoms with van der Waals surface area (Å²) in [6, 6.07) is 0. The largest absolute Gasteiger partial charge is 0.336 e. The highest BCUT2D eigenvalue weighted by Gasteiger charge is 2.44. The number of carbonyl (C=O) groups is 1. The van der Waals surface area contributed by atoms with Crippen molar-refractivity contribution >= 4 is 23.2 Å². The van der Waals surface area contributed by atoms with Crippen LogP contribution in [0.1, 0.15) is 18.9 Å². The number of thiazole rings is 1. The summed E-state index contributed by atoms with van der Waals surface area (Å²) in [6.07, 6.45) is 1.69. The van der Waals surface area contributed by atoms with E-state index in [-0.39, 0.29) is 5.91 Å². The van der Waals surface area contributed by atoms with Gasteiger partial charge in [0, 0.05) is 18.1 Å². The van der Waals surface area contributed by atoms with Gasteiger partial charge in [-0.25, -0.2) is 4.98 Å². The zero-order valence-corrected chi connectivity index (χ0v) is 9.39. The van der Waals surface area contributed by atoms with E-state index in [9.17, 15) is 4.79 Å². The minimum atomic E-state index is -0.776. The maximum atomic E-state index is 11.8. The second-order valence-corrected chi connectivity index (χ2v) is 4.26. The SMILES string of the molecule is CCN=C1NC(=O)C(C)(c2nccs2)N1. The Bertz CT molecular complexity index is 400. The molecule has 2 N–H and O–H groups in total. The molecule has 0 bridgehead atoms. The highest BCUT2D eigenvalue weighted by atomic mass is 32.1. The van der Waals surface area contributed by atoms with Crippen LogP contribution < -0.4 is 10.6 Å². The molecule has 1 unspecified atom stereocenters. The standard InChI is InChI=1S/C9H12N4OS/c1-3-10-8-12-6(14)9(2,13-8)7-11-4-5-15-7/h4-5H,3H2,1-2H3,(H2,10,12,13,14). The molecule has 6 heteroatoms. The van der Waals surface area contributed by atoms with E-state index >= 15 is 0 Å². The summed E-state index contributed by atoms with van der Waals surface area (Å²) in [4.78, 5) is 20.1. The highest BCUT2D eigenvalue weighted by molar-refractivity contribution is 7.09. The lowest BCUT2D eigenvalue weighted by Crippen LogP contribution is -2.40. The molecule has 5 nitrogen and oxygen atoms in total. The Labute approximate surface area is 91.6 Å². The fraction of sp³-hybridized carbons (Fsp3) is 0.444. The molecule has 1 aromatic heterocycles. The van der Waals surface area contributed by atoms with Crippen molar-refractivity contribution in [3.63, 3.8) is 0 Å². The number of aliphatic imine (C=N–C) groups is 1. The Morgan fingerprint density at radius 2 is 2.47 bits per heavy atom. The van der Waals surface area contributed by atoms with E-state index in [2.05, 4.69) is 20.6 Å². The van der Waals surface area contributed by atoms with Crippen LogP contribution >= 0.6 is 11.3 Å². The van der Waals surface area contributed by atoms with Gasteiger partial charge in [0.1, 0.15) is 5.01 Å². The molecule has 0 saturated carbocycles. The molecule has 0 aliphatic carbocycles. The van der Waals surface area contributed by atoms with Crippen LogP contribution in [0.3, 0.4) is 0 Å². The first-order chi connectivity index (χ1) is 7.16. The number of amides is 1. The number of guanidine groups is 1. The van der Waals surface area contributed by atoms with Gasteiger partial charge in [-0.05, 0) is 13.8 Å². The first kappa shape index (κ1) is 10.1. The van der Waals surface area contributed by atoms with Gasteiger partial charge in [-0.3, -0.25) is 15.1 Å². The first-order valence-electron chi connectivity index (χ1n) is 4.71. The van der Waals surface area contributed by atoms with Gasteiger partial charge in [0.05, 0.1) is 0 Å². The lowest BCUT2D eigenvalue weighted by Gasteiger charge is -2.17. The average Bonchev–Trinajstić information content (AvgIpc) is 2.77. The molecule has 1 amide bonds. The molecule has 1 fully saturated rings. The molecule has 2 rings (SSSR count). The predicted molar refractivity (Wildman–Crippen MR) is 58.7 cm³/mol. The fourth-order valence-electron chi connectivity index (χ4n) is 1.42. The monoisotopic (exact) mass is 224 g/mol. The number of nitrogens with one attached hydrogen (secondary N) is 2. The summed E-state index contributed by atoms with van der Waals surface area (Å²) < 4.78 is 0. The minimum Gasteiger partial charge on any atom is -0.336 e. The number of hydrogen-bond donors (Lipinski definition) is 2. The van der Waals surface area contributed by atoms with Gasteiger partial charge in [-0.1, -0.05) is 0 Å². The summed E-state index contributed by atoms with van der Waals surface area (Å²) in [5, 5.41) is 8.36. The lowest BCUT2D eigenvalue weighted by atomic mass is 10.1. The van der Waals surface area contributed by atoms with Gasteiger partial charge >= 0.3 is 0 Å². The van der Waals surface area contributed by atoms with Crippen molar-refractivity contribution in [2.75, 3.05) is 6.54 Å². The predicted octanol–water partition coefficient (Wildman–Crippen LogP) is 0.454. The second-order valence-electron chi connectivity index (χ2n) is 3.36.